The molecule has 142 valence electrons. The third kappa shape index (κ3) is 5.85. The molecule has 2 unspecified atom stereocenters. The molecular formula is C15H19ClN4O3S3. The van der Waals surface area contributed by atoms with Gasteiger partial charge in [0.2, 0.25) is 5.91 Å². The number of thiophene rings is 1. The minimum absolute atomic E-state index is 0.0600. The van der Waals surface area contributed by atoms with Gasteiger partial charge in [-0.3, -0.25) is 14.3 Å². The molecule has 2 rings (SSSR count). The third-order valence-corrected chi connectivity index (χ3v) is 7.54. The van der Waals surface area contributed by atoms with E-state index in [1.165, 1.54) is 17.4 Å². The molecule has 7 nitrogen and oxygen atoms in total. The van der Waals surface area contributed by atoms with Crippen LogP contribution in [0.4, 0.5) is 0 Å². The summed E-state index contributed by atoms with van der Waals surface area (Å²) in [5.74, 6) is -1.10. The Bertz CT molecular complexity index is 886. The Kier molecular flexibility index (Phi) is 7.30. The molecule has 0 radical (unpaired) electrons. The molecule has 0 saturated heterocycles. The number of thiazole rings is 1. The van der Waals surface area contributed by atoms with Gasteiger partial charge < -0.3 is 5.73 Å². The van der Waals surface area contributed by atoms with E-state index in [2.05, 4.69) is 14.1 Å². The Morgan fingerprint density at radius 3 is 2.69 bits per heavy atom. The summed E-state index contributed by atoms with van der Waals surface area (Å²) in [4.78, 5) is 28.6. The van der Waals surface area contributed by atoms with Crippen LogP contribution in [0.1, 0.15) is 25.3 Å². The molecule has 3 N–H and O–H groups in total. The molecular weight excluding hydrogens is 416 g/mol. The van der Waals surface area contributed by atoms with Crippen molar-refractivity contribution in [1.29, 1.82) is 0 Å². The molecule has 11 heteroatoms. The minimum Gasteiger partial charge on any atom is -0.320 e. The third-order valence-electron chi connectivity index (χ3n) is 3.12. The van der Waals surface area contributed by atoms with E-state index in [9.17, 15) is 13.8 Å². The molecule has 0 aliphatic rings. The summed E-state index contributed by atoms with van der Waals surface area (Å²) < 4.78 is 19.6. The van der Waals surface area contributed by atoms with Gasteiger partial charge in [-0.15, -0.1) is 27.0 Å². The van der Waals surface area contributed by atoms with Crippen LogP contribution in [0.5, 0.6) is 0 Å². The van der Waals surface area contributed by atoms with E-state index in [1.807, 2.05) is 13.8 Å². The number of nitrogens with zero attached hydrogens (tertiary/aromatic N) is 2. The van der Waals surface area contributed by atoms with Crippen molar-refractivity contribution in [2.24, 2.45) is 16.0 Å². The standard InChI is InChI=1S/C15H19ClN4O3S3/c1-9(2)5-11(17)15(22)20-26(23,14-6-10(16)8-25-14)19-12(21)7-13-18-3-4-24-13/h3-4,6,8-9,11H,5,7,17H2,1-2H3,(H,19,20,21,22,23). The zero-order valence-corrected chi connectivity index (χ0v) is 17.4. The van der Waals surface area contributed by atoms with E-state index in [1.54, 1.807) is 17.0 Å². The van der Waals surface area contributed by atoms with E-state index in [0.717, 1.165) is 11.3 Å². The number of rotatable bonds is 7. The highest BCUT2D eigenvalue weighted by atomic mass is 35.5. The van der Waals surface area contributed by atoms with Gasteiger partial charge in [-0.05, 0) is 18.4 Å². The lowest BCUT2D eigenvalue weighted by Gasteiger charge is -2.13. The van der Waals surface area contributed by atoms with Gasteiger partial charge in [-0.1, -0.05) is 25.4 Å². The van der Waals surface area contributed by atoms with Gasteiger partial charge in [-0.25, -0.2) is 9.19 Å². The van der Waals surface area contributed by atoms with Crippen LogP contribution in [0.25, 0.3) is 0 Å². The predicted molar refractivity (Wildman–Crippen MR) is 105 cm³/mol. The van der Waals surface area contributed by atoms with Gasteiger partial charge >= 0.3 is 0 Å². The molecule has 0 bridgehead atoms. The van der Waals surface area contributed by atoms with Gasteiger partial charge in [0, 0.05) is 17.0 Å². The van der Waals surface area contributed by atoms with E-state index in [-0.39, 0.29) is 16.5 Å². The van der Waals surface area contributed by atoms with Crippen LogP contribution in [0.3, 0.4) is 0 Å². The molecule has 2 aromatic rings. The smallest absolute Gasteiger partial charge is 0.272 e. The highest BCUT2D eigenvalue weighted by Crippen LogP contribution is 2.25. The monoisotopic (exact) mass is 434 g/mol. The summed E-state index contributed by atoms with van der Waals surface area (Å²) in [6.45, 7) is 3.83. The Labute approximate surface area is 165 Å². The molecule has 2 aromatic heterocycles. The summed E-state index contributed by atoms with van der Waals surface area (Å²) in [5.41, 5.74) is 5.84. The second kappa shape index (κ2) is 9.05. The van der Waals surface area contributed by atoms with Crippen LogP contribution < -0.4 is 10.5 Å². The zero-order chi connectivity index (χ0) is 19.3. The average molecular weight is 435 g/mol. The average Bonchev–Trinajstić information content (AvgIpc) is 3.18. The van der Waals surface area contributed by atoms with Crippen molar-refractivity contribution in [2.75, 3.05) is 0 Å². The SMILES string of the molecule is CC(C)CC(N)C(=O)N=S(=O)(NC(=O)Cc1nccs1)c1cc(Cl)cs1. The Hall–Kier alpha value is -1.33. The van der Waals surface area contributed by atoms with Crippen LogP contribution in [-0.2, 0) is 25.9 Å². The van der Waals surface area contributed by atoms with Crippen molar-refractivity contribution in [3.8, 4) is 0 Å². The highest BCUT2D eigenvalue weighted by Gasteiger charge is 2.23. The lowest BCUT2D eigenvalue weighted by molar-refractivity contribution is -0.119. The highest BCUT2D eigenvalue weighted by molar-refractivity contribution is 7.94. The lowest BCUT2D eigenvalue weighted by atomic mass is 10.0. The maximum Gasteiger partial charge on any atom is 0.272 e. The molecule has 0 aromatic carbocycles. The summed E-state index contributed by atoms with van der Waals surface area (Å²) in [5, 5.41) is 4.20. The molecule has 0 aliphatic carbocycles. The van der Waals surface area contributed by atoms with Crippen LogP contribution in [0.15, 0.2) is 31.6 Å². The van der Waals surface area contributed by atoms with Crippen LogP contribution >= 0.6 is 34.3 Å². The first kappa shape index (κ1) is 21.0. The second-order valence-corrected chi connectivity index (χ2v) is 10.4. The Morgan fingerprint density at radius 1 is 1.42 bits per heavy atom. The number of amides is 2. The Morgan fingerprint density at radius 2 is 2.15 bits per heavy atom. The van der Waals surface area contributed by atoms with Crippen molar-refractivity contribution in [1.82, 2.24) is 9.71 Å². The maximum absolute atomic E-state index is 13.3. The normalized spacial score (nSPS) is 14.7. The largest absolute Gasteiger partial charge is 0.320 e. The predicted octanol–water partition coefficient (Wildman–Crippen LogP) is 2.86. The van der Waals surface area contributed by atoms with E-state index >= 15 is 0 Å². The number of nitrogens with one attached hydrogen (secondary N) is 1. The number of carbonyl (C=O) groups excluding carboxylic acids is 2. The van der Waals surface area contributed by atoms with E-state index in [4.69, 9.17) is 17.3 Å². The quantitative estimate of drug-likeness (QED) is 0.695. The Balaban J connectivity index is 2.30. The molecule has 0 saturated carbocycles. The molecule has 2 heterocycles. The first-order valence-corrected chi connectivity index (χ1v) is 11.3. The fraction of sp³-hybridized carbons (Fsp3) is 0.400. The number of carbonyl (C=O) groups is 2. The zero-order valence-electron chi connectivity index (χ0n) is 14.2. The first-order valence-electron chi connectivity index (χ1n) is 7.69. The molecule has 2 atom stereocenters. The van der Waals surface area contributed by atoms with E-state index < -0.39 is 27.8 Å². The summed E-state index contributed by atoms with van der Waals surface area (Å²) >= 11 is 8.25. The number of nitrogens with two attached hydrogens (primary N) is 1. The second-order valence-electron chi connectivity index (χ2n) is 5.90. The maximum atomic E-state index is 13.3. The summed E-state index contributed by atoms with van der Waals surface area (Å²) in [6, 6.07) is 0.533. The van der Waals surface area contributed by atoms with Crippen LogP contribution in [0.2, 0.25) is 5.02 Å². The van der Waals surface area contributed by atoms with Crippen molar-refractivity contribution < 1.29 is 13.8 Å². The van der Waals surface area contributed by atoms with Crippen LogP contribution in [0, 0.1) is 5.92 Å². The summed E-state index contributed by atoms with van der Waals surface area (Å²) in [7, 11) is -3.52. The fourth-order valence-corrected chi connectivity index (χ4v) is 5.70. The van der Waals surface area contributed by atoms with Gasteiger partial charge in [0.05, 0.1) is 17.5 Å². The van der Waals surface area contributed by atoms with Crippen molar-refractivity contribution in [3.63, 3.8) is 0 Å². The molecule has 26 heavy (non-hydrogen) atoms. The van der Waals surface area contributed by atoms with Gasteiger partial charge in [0.15, 0.2) is 9.92 Å². The van der Waals surface area contributed by atoms with Gasteiger partial charge in [0.1, 0.15) is 9.22 Å². The van der Waals surface area contributed by atoms with Crippen molar-refractivity contribution >= 4 is 56.0 Å². The molecule has 2 amide bonds. The number of hydrogen-bond acceptors (Lipinski definition) is 7. The minimum atomic E-state index is -3.52. The van der Waals surface area contributed by atoms with Crippen molar-refractivity contribution in [2.45, 2.75) is 36.9 Å². The van der Waals surface area contributed by atoms with Gasteiger partial charge in [-0.2, -0.15) is 0 Å². The first-order chi connectivity index (χ1) is 12.2. The summed E-state index contributed by atoms with van der Waals surface area (Å²) in [6.07, 6.45) is 1.91. The molecule has 0 fully saturated rings. The van der Waals surface area contributed by atoms with Gasteiger partial charge in [0.25, 0.3) is 5.91 Å². The fourth-order valence-electron chi connectivity index (χ4n) is 2.03. The number of hydrogen-bond donors (Lipinski definition) is 2. The van der Waals surface area contributed by atoms with Crippen LogP contribution in [-0.4, -0.2) is 27.0 Å². The van der Waals surface area contributed by atoms with E-state index in [0.29, 0.717) is 16.5 Å². The van der Waals surface area contributed by atoms with Crippen molar-refractivity contribution in [3.05, 3.63) is 33.1 Å². The molecule has 0 aliphatic heterocycles. The lowest BCUT2D eigenvalue weighted by Crippen LogP contribution is -2.35. The molecule has 0 spiro atoms. The number of halogens is 1. The topological polar surface area (TPSA) is 115 Å². The number of aromatic nitrogens is 1.